The van der Waals surface area contributed by atoms with Gasteiger partial charge in [-0.15, -0.1) is 0 Å². The Morgan fingerprint density at radius 2 is 2.00 bits per heavy atom. The van der Waals surface area contributed by atoms with Crippen molar-refractivity contribution in [3.8, 4) is 0 Å². The summed E-state index contributed by atoms with van der Waals surface area (Å²) in [4.78, 5) is 11.6. The van der Waals surface area contributed by atoms with Crippen LogP contribution in [0.1, 0.15) is 25.3 Å². The van der Waals surface area contributed by atoms with Gasteiger partial charge in [0.1, 0.15) is 5.78 Å². The van der Waals surface area contributed by atoms with Gasteiger partial charge in [0.15, 0.2) is 0 Å². The van der Waals surface area contributed by atoms with E-state index in [1.165, 1.54) is 5.56 Å². The highest BCUT2D eigenvalue weighted by Crippen LogP contribution is 2.31. The van der Waals surface area contributed by atoms with E-state index in [2.05, 4.69) is 6.92 Å². The molecule has 0 aromatic heterocycles. The fraction of sp³-hybridized carbons (Fsp3) is 0.462. The van der Waals surface area contributed by atoms with Crippen LogP contribution in [0.3, 0.4) is 0 Å². The summed E-state index contributed by atoms with van der Waals surface area (Å²) in [7, 11) is 0. The van der Waals surface area contributed by atoms with Crippen LogP contribution >= 0.6 is 11.6 Å². The molecule has 0 spiro atoms. The van der Waals surface area contributed by atoms with Gasteiger partial charge in [-0.3, -0.25) is 4.79 Å². The zero-order chi connectivity index (χ0) is 10.8. The monoisotopic (exact) mass is 222 g/mol. The van der Waals surface area contributed by atoms with Gasteiger partial charge in [-0.1, -0.05) is 30.7 Å². The number of rotatable bonds is 2. The third kappa shape index (κ3) is 2.40. The minimum Gasteiger partial charge on any atom is -0.299 e. The Morgan fingerprint density at radius 1 is 1.33 bits per heavy atom. The van der Waals surface area contributed by atoms with Crippen molar-refractivity contribution in [3.05, 3.63) is 34.9 Å². The zero-order valence-corrected chi connectivity index (χ0v) is 9.63. The maximum Gasteiger partial charge on any atom is 0.136 e. The molecule has 1 aromatic rings. The van der Waals surface area contributed by atoms with Crippen LogP contribution in [-0.2, 0) is 11.2 Å². The largest absolute Gasteiger partial charge is 0.299 e. The first-order valence-electron chi connectivity index (χ1n) is 5.44. The van der Waals surface area contributed by atoms with Crippen LogP contribution in [0.4, 0.5) is 0 Å². The molecule has 0 radical (unpaired) electrons. The van der Waals surface area contributed by atoms with E-state index in [0.29, 0.717) is 11.7 Å². The number of hydrogen-bond acceptors (Lipinski definition) is 1. The van der Waals surface area contributed by atoms with Crippen molar-refractivity contribution >= 4 is 17.4 Å². The van der Waals surface area contributed by atoms with Crippen molar-refractivity contribution in [2.45, 2.75) is 26.2 Å². The maximum absolute atomic E-state index is 11.6. The molecular formula is C13H15ClO. The van der Waals surface area contributed by atoms with Gasteiger partial charge < -0.3 is 0 Å². The SMILES string of the molecule is CC1CCC(=O)C1Cc1ccc(Cl)cc1. The highest BCUT2D eigenvalue weighted by molar-refractivity contribution is 6.30. The highest BCUT2D eigenvalue weighted by atomic mass is 35.5. The van der Waals surface area contributed by atoms with Crippen LogP contribution < -0.4 is 0 Å². The van der Waals surface area contributed by atoms with E-state index in [4.69, 9.17) is 11.6 Å². The standard InChI is InChI=1S/C13H15ClO/c1-9-2-7-13(15)12(9)8-10-3-5-11(14)6-4-10/h3-6,9,12H,2,7-8H2,1H3. The van der Waals surface area contributed by atoms with Crippen molar-refractivity contribution in [2.75, 3.05) is 0 Å². The molecule has 15 heavy (non-hydrogen) atoms. The molecular weight excluding hydrogens is 208 g/mol. The molecule has 1 saturated carbocycles. The summed E-state index contributed by atoms with van der Waals surface area (Å²) in [6.07, 6.45) is 2.69. The summed E-state index contributed by atoms with van der Waals surface area (Å²) in [6, 6.07) is 7.81. The number of carbonyl (C=O) groups is 1. The molecule has 0 amide bonds. The summed E-state index contributed by atoms with van der Waals surface area (Å²) in [5.74, 6) is 1.19. The Bertz CT molecular complexity index is 355. The minimum absolute atomic E-state index is 0.228. The van der Waals surface area contributed by atoms with E-state index in [1.807, 2.05) is 24.3 Å². The topological polar surface area (TPSA) is 17.1 Å². The van der Waals surface area contributed by atoms with E-state index in [-0.39, 0.29) is 5.92 Å². The fourth-order valence-electron chi connectivity index (χ4n) is 2.26. The lowest BCUT2D eigenvalue weighted by Gasteiger charge is -2.13. The lowest BCUT2D eigenvalue weighted by atomic mass is 9.90. The van der Waals surface area contributed by atoms with Gasteiger partial charge in [0.25, 0.3) is 0 Å². The summed E-state index contributed by atoms with van der Waals surface area (Å²) >= 11 is 5.82. The molecule has 1 aromatic carbocycles. The molecule has 1 nitrogen and oxygen atoms in total. The predicted octanol–water partition coefficient (Wildman–Crippen LogP) is 3.50. The van der Waals surface area contributed by atoms with Gasteiger partial charge in [0.2, 0.25) is 0 Å². The van der Waals surface area contributed by atoms with Crippen LogP contribution in [0.2, 0.25) is 5.02 Å². The third-order valence-electron chi connectivity index (χ3n) is 3.32. The number of ketones is 1. The fourth-order valence-corrected chi connectivity index (χ4v) is 2.39. The first-order valence-corrected chi connectivity index (χ1v) is 5.82. The second-order valence-electron chi connectivity index (χ2n) is 4.42. The Kier molecular flexibility index (Phi) is 3.11. The molecule has 2 rings (SSSR count). The minimum atomic E-state index is 0.228. The molecule has 1 aliphatic rings. The Labute approximate surface area is 95.4 Å². The van der Waals surface area contributed by atoms with E-state index < -0.39 is 0 Å². The molecule has 0 saturated heterocycles. The number of carbonyl (C=O) groups excluding carboxylic acids is 1. The van der Waals surface area contributed by atoms with E-state index in [0.717, 1.165) is 24.3 Å². The predicted molar refractivity (Wildman–Crippen MR) is 62.1 cm³/mol. The van der Waals surface area contributed by atoms with Crippen molar-refractivity contribution in [2.24, 2.45) is 11.8 Å². The summed E-state index contributed by atoms with van der Waals surface area (Å²) in [5.41, 5.74) is 1.21. The van der Waals surface area contributed by atoms with Gasteiger partial charge >= 0.3 is 0 Å². The molecule has 80 valence electrons. The maximum atomic E-state index is 11.6. The summed E-state index contributed by atoms with van der Waals surface area (Å²) < 4.78 is 0. The lowest BCUT2D eigenvalue weighted by molar-refractivity contribution is -0.121. The Morgan fingerprint density at radius 3 is 2.53 bits per heavy atom. The average Bonchev–Trinajstić information content (AvgIpc) is 2.53. The van der Waals surface area contributed by atoms with Crippen molar-refractivity contribution < 1.29 is 4.79 Å². The van der Waals surface area contributed by atoms with Crippen LogP contribution in [0.5, 0.6) is 0 Å². The number of Topliss-reactive ketones (excluding diaryl/α,β-unsaturated/α-hetero) is 1. The van der Waals surface area contributed by atoms with Crippen molar-refractivity contribution in [3.63, 3.8) is 0 Å². The first kappa shape index (κ1) is 10.7. The molecule has 0 N–H and O–H groups in total. The first-order chi connectivity index (χ1) is 7.16. The normalized spacial score (nSPS) is 25.9. The number of benzene rings is 1. The number of halogens is 1. The number of hydrogen-bond donors (Lipinski definition) is 0. The van der Waals surface area contributed by atoms with Crippen molar-refractivity contribution in [1.82, 2.24) is 0 Å². The molecule has 1 fully saturated rings. The van der Waals surface area contributed by atoms with E-state index in [9.17, 15) is 4.79 Å². The van der Waals surface area contributed by atoms with Crippen LogP contribution in [0.25, 0.3) is 0 Å². The highest BCUT2D eigenvalue weighted by Gasteiger charge is 2.31. The summed E-state index contributed by atoms with van der Waals surface area (Å²) in [5, 5.41) is 0.754. The molecule has 1 aliphatic carbocycles. The smallest absolute Gasteiger partial charge is 0.136 e. The molecule has 2 atom stereocenters. The van der Waals surface area contributed by atoms with E-state index in [1.54, 1.807) is 0 Å². The van der Waals surface area contributed by atoms with Gasteiger partial charge in [0, 0.05) is 17.4 Å². The third-order valence-corrected chi connectivity index (χ3v) is 3.57. The lowest BCUT2D eigenvalue weighted by Crippen LogP contribution is -2.15. The van der Waals surface area contributed by atoms with Gasteiger partial charge in [-0.25, -0.2) is 0 Å². The van der Waals surface area contributed by atoms with Gasteiger partial charge in [0.05, 0.1) is 0 Å². The summed E-state index contributed by atoms with van der Waals surface area (Å²) in [6.45, 7) is 2.17. The average molecular weight is 223 g/mol. The van der Waals surface area contributed by atoms with Crippen LogP contribution in [0, 0.1) is 11.8 Å². The quantitative estimate of drug-likeness (QED) is 0.749. The van der Waals surface area contributed by atoms with E-state index >= 15 is 0 Å². The van der Waals surface area contributed by atoms with Gasteiger partial charge in [-0.05, 0) is 36.5 Å². The second-order valence-corrected chi connectivity index (χ2v) is 4.86. The second kappa shape index (κ2) is 4.36. The molecule has 0 bridgehead atoms. The molecule has 2 unspecified atom stereocenters. The van der Waals surface area contributed by atoms with Gasteiger partial charge in [-0.2, -0.15) is 0 Å². The molecule has 0 heterocycles. The Hall–Kier alpha value is -0.820. The van der Waals surface area contributed by atoms with Crippen LogP contribution in [0.15, 0.2) is 24.3 Å². The van der Waals surface area contributed by atoms with Crippen LogP contribution in [-0.4, -0.2) is 5.78 Å². The Balaban J connectivity index is 2.08. The zero-order valence-electron chi connectivity index (χ0n) is 8.87. The molecule has 2 heteroatoms. The van der Waals surface area contributed by atoms with Crippen molar-refractivity contribution in [1.29, 1.82) is 0 Å². The molecule has 0 aliphatic heterocycles.